The van der Waals surface area contributed by atoms with Gasteiger partial charge in [-0.3, -0.25) is 4.79 Å². The lowest BCUT2D eigenvalue weighted by Crippen LogP contribution is -2.19. The lowest BCUT2D eigenvalue weighted by Gasteiger charge is -2.18. The van der Waals surface area contributed by atoms with Crippen molar-refractivity contribution in [1.82, 2.24) is 0 Å². The van der Waals surface area contributed by atoms with Gasteiger partial charge in [-0.05, 0) is 25.2 Å². The standard InChI is InChI=1S/C27H54O2/c1-5-8-11-12-13-14-15-16-17-18-19-20-23-26(22-10-7-3)24-29-27(28)25(4)21-9-6-2/h25-26H,5-24H2,1-4H3. The highest BCUT2D eigenvalue weighted by Gasteiger charge is 2.16. The molecule has 0 aliphatic heterocycles. The molecule has 0 bridgehead atoms. The zero-order valence-electron chi connectivity index (χ0n) is 20.6. The molecule has 2 atom stereocenters. The van der Waals surface area contributed by atoms with Gasteiger partial charge >= 0.3 is 5.97 Å². The summed E-state index contributed by atoms with van der Waals surface area (Å²) in [4.78, 5) is 12.2. The van der Waals surface area contributed by atoms with Crippen molar-refractivity contribution in [2.45, 2.75) is 150 Å². The van der Waals surface area contributed by atoms with Crippen LogP contribution in [0.2, 0.25) is 0 Å². The topological polar surface area (TPSA) is 26.3 Å². The molecule has 174 valence electrons. The van der Waals surface area contributed by atoms with E-state index in [-0.39, 0.29) is 11.9 Å². The van der Waals surface area contributed by atoms with Gasteiger partial charge in [0.25, 0.3) is 0 Å². The number of ether oxygens (including phenoxy) is 1. The molecular formula is C27H54O2. The Bertz CT molecular complexity index is 339. The highest BCUT2D eigenvalue weighted by molar-refractivity contribution is 5.71. The minimum absolute atomic E-state index is 0.0228. The Labute approximate surface area is 184 Å². The molecule has 0 saturated carbocycles. The number of rotatable bonds is 22. The van der Waals surface area contributed by atoms with Crippen molar-refractivity contribution in [1.29, 1.82) is 0 Å². The number of carbonyl (C=O) groups is 1. The quantitative estimate of drug-likeness (QED) is 0.131. The predicted molar refractivity (Wildman–Crippen MR) is 128 cm³/mol. The first kappa shape index (κ1) is 28.5. The fourth-order valence-corrected chi connectivity index (χ4v) is 4.05. The molecule has 0 heterocycles. The van der Waals surface area contributed by atoms with Crippen molar-refractivity contribution in [2.75, 3.05) is 6.61 Å². The third kappa shape index (κ3) is 19.2. The fraction of sp³-hybridized carbons (Fsp3) is 0.963. The largest absolute Gasteiger partial charge is 0.465 e. The Hall–Kier alpha value is -0.530. The first-order chi connectivity index (χ1) is 14.2. The van der Waals surface area contributed by atoms with E-state index in [9.17, 15) is 4.79 Å². The minimum Gasteiger partial charge on any atom is -0.465 e. The van der Waals surface area contributed by atoms with Gasteiger partial charge in [-0.1, -0.05) is 130 Å². The van der Waals surface area contributed by atoms with Crippen LogP contribution in [0.15, 0.2) is 0 Å². The summed E-state index contributed by atoms with van der Waals surface area (Å²) in [6.45, 7) is 9.37. The Morgan fingerprint density at radius 3 is 1.52 bits per heavy atom. The molecule has 0 rings (SSSR count). The molecule has 0 spiro atoms. The van der Waals surface area contributed by atoms with Gasteiger partial charge in [-0.2, -0.15) is 0 Å². The number of carbonyl (C=O) groups excluding carboxylic acids is 1. The zero-order chi connectivity index (χ0) is 21.6. The second kappa shape index (κ2) is 22.2. The van der Waals surface area contributed by atoms with E-state index < -0.39 is 0 Å². The van der Waals surface area contributed by atoms with Gasteiger partial charge < -0.3 is 4.74 Å². The fourth-order valence-electron chi connectivity index (χ4n) is 4.05. The molecule has 0 aromatic rings. The van der Waals surface area contributed by atoms with Gasteiger partial charge in [0.05, 0.1) is 12.5 Å². The minimum atomic E-state index is 0.0228. The van der Waals surface area contributed by atoms with Crippen LogP contribution in [-0.2, 0) is 9.53 Å². The van der Waals surface area contributed by atoms with Crippen LogP contribution in [-0.4, -0.2) is 12.6 Å². The Morgan fingerprint density at radius 2 is 1.00 bits per heavy atom. The van der Waals surface area contributed by atoms with Crippen LogP contribution in [0.25, 0.3) is 0 Å². The maximum atomic E-state index is 12.2. The first-order valence-corrected chi connectivity index (χ1v) is 13.3. The van der Waals surface area contributed by atoms with Gasteiger partial charge in [-0.25, -0.2) is 0 Å². The van der Waals surface area contributed by atoms with Crippen LogP contribution in [0.5, 0.6) is 0 Å². The number of esters is 1. The van der Waals surface area contributed by atoms with Gasteiger partial charge in [0.2, 0.25) is 0 Å². The van der Waals surface area contributed by atoms with E-state index in [1.165, 1.54) is 103 Å². The lowest BCUT2D eigenvalue weighted by atomic mass is 9.95. The summed E-state index contributed by atoms with van der Waals surface area (Å²) in [6.07, 6.45) is 24.9. The van der Waals surface area contributed by atoms with E-state index in [0.717, 1.165) is 19.3 Å². The average molecular weight is 411 g/mol. The molecule has 0 aliphatic rings. The smallest absolute Gasteiger partial charge is 0.308 e. The monoisotopic (exact) mass is 410 g/mol. The number of hydrogen-bond donors (Lipinski definition) is 0. The van der Waals surface area contributed by atoms with E-state index in [1.807, 2.05) is 6.92 Å². The van der Waals surface area contributed by atoms with Crippen molar-refractivity contribution in [3.63, 3.8) is 0 Å². The van der Waals surface area contributed by atoms with E-state index in [2.05, 4.69) is 20.8 Å². The van der Waals surface area contributed by atoms with Crippen molar-refractivity contribution in [3.8, 4) is 0 Å². The molecular weight excluding hydrogens is 356 g/mol. The van der Waals surface area contributed by atoms with Crippen molar-refractivity contribution in [3.05, 3.63) is 0 Å². The predicted octanol–water partition coefficient (Wildman–Crippen LogP) is 9.25. The van der Waals surface area contributed by atoms with Crippen LogP contribution >= 0.6 is 0 Å². The van der Waals surface area contributed by atoms with Gasteiger partial charge in [0.1, 0.15) is 0 Å². The molecule has 0 aromatic carbocycles. The van der Waals surface area contributed by atoms with Crippen LogP contribution < -0.4 is 0 Å². The van der Waals surface area contributed by atoms with Crippen LogP contribution in [0.4, 0.5) is 0 Å². The first-order valence-electron chi connectivity index (χ1n) is 13.3. The third-order valence-corrected chi connectivity index (χ3v) is 6.29. The molecule has 29 heavy (non-hydrogen) atoms. The molecule has 0 amide bonds. The van der Waals surface area contributed by atoms with Gasteiger partial charge in [0.15, 0.2) is 0 Å². The summed E-state index contributed by atoms with van der Waals surface area (Å²) < 4.78 is 5.68. The number of unbranched alkanes of at least 4 members (excludes halogenated alkanes) is 13. The Balaban J connectivity index is 3.74. The molecule has 2 unspecified atom stereocenters. The van der Waals surface area contributed by atoms with Gasteiger partial charge in [-0.15, -0.1) is 0 Å². The summed E-state index contributed by atoms with van der Waals surface area (Å²) in [7, 11) is 0. The average Bonchev–Trinajstić information content (AvgIpc) is 2.73. The molecule has 0 N–H and O–H groups in total. The van der Waals surface area contributed by atoms with Crippen molar-refractivity contribution in [2.24, 2.45) is 11.8 Å². The maximum absolute atomic E-state index is 12.2. The lowest BCUT2D eigenvalue weighted by molar-refractivity contribution is -0.149. The Morgan fingerprint density at radius 1 is 0.586 bits per heavy atom. The maximum Gasteiger partial charge on any atom is 0.308 e. The van der Waals surface area contributed by atoms with Crippen molar-refractivity contribution >= 4 is 5.97 Å². The van der Waals surface area contributed by atoms with E-state index in [1.54, 1.807) is 0 Å². The molecule has 2 nitrogen and oxygen atoms in total. The molecule has 2 heteroatoms. The summed E-state index contributed by atoms with van der Waals surface area (Å²) in [6, 6.07) is 0. The summed E-state index contributed by atoms with van der Waals surface area (Å²) in [5.74, 6) is 0.656. The normalized spacial score (nSPS) is 13.4. The second-order valence-electron chi connectivity index (χ2n) is 9.36. The van der Waals surface area contributed by atoms with Crippen LogP contribution in [0, 0.1) is 11.8 Å². The van der Waals surface area contributed by atoms with E-state index >= 15 is 0 Å². The van der Waals surface area contributed by atoms with Crippen molar-refractivity contribution < 1.29 is 9.53 Å². The number of hydrogen-bond acceptors (Lipinski definition) is 2. The molecule has 0 radical (unpaired) electrons. The van der Waals surface area contributed by atoms with E-state index in [4.69, 9.17) is 4.74 Å². The zero-order valence-corrected chi connectivity index (χ0v) is 20.6. The van der Waals surface area contributed by atoms with Crippen LogP contribution in [0.3, 0.4) is 0 Å². The molecule has 0 aliphatic carbocycles. The SMILES string of the molecule is CCCCCCCCCCCCCCC(CCCC)COC(=O)C(C)CCCC. The molecule has 0 saturated heterocycles. The van der Waals surface area contributed by atoms with Crippen LogP contribution in [0.1, 0.15) is 150 Å². The second-order valence-corrected chi connectivity index (χ2v) is 9.36. The third-order valence-electron chi connectivity index (χ3n) is 6.29. The van der Waals surface area contributed by atoms with E-state index in [0.29, 0.717) is 12.5 Å². The highest BCUT2D eigenvalue weighted by atomic mass is 16.5. The molecule has 0 aromatic heterocycles. The summed E-state index contributed by atoms with van der Waals surface area (Å²) in [5, 5.41) is 0. The Kier molecular flexibility index (Phi) is 21.8. The van der Waals surface area contributed by atoms with Gasteiger partial charge in [0, 0.05) is 0 Å². The highest BCUT2D eigenvalue weighted by Crippen LogP contribution is 2.20. The summed E-state index contributed by atoms with van der Waals surface area (Å²) in [5.41, 5.74) is 0. The molecule has 0 fully saturated rings. The summed E-state index contributed by atoms with van der Waals surface area (Å²) >= 11 is 0.